The second kappa shape index (κ2) is 6.86. The third-order valence-corrected chi connectivity index (χ3v) is 3.22. The van der Waals surface area contributed by atoms with Crippen LogP contribution in [0.25, 0.3) is 0 Å². The predicted octanol–water partition coefficient (Wildman–Crippen LogP) is 1.03. The van der Waals surface area contributed by atoms with Gasteiger partial charge in [-0.15, -0.1) is 0 Å². The van der Waals surface area contributed by atoms with Crippen LogP contribution in [-0.4, -0.2) is 48.8 Å². The Morgan fingerprint density at radius 2 is 2.19 bits per heavy atom. The average Bonchev–Trinajstić information content (AvgIpc) is 2.69. The van der Waals surface area contributed by atoms with Crippen LogP contribution in [0.5, 0.6) is 0 Å². The summed E-state index contributed by atoms with van der Waals surface area (Å²) in [6, 6.07) is 0. The maximum absolute atomic E-state index is 12.0. The third kappa shape index (κ3) is 3.76. The minimum absolute atomic E-state index is 0.0443. The van der Waals surface area contributed by atoms with Crippen LogP contribution in [0.1, 0.15) is 32.6 Å². The number of aliphatic hydroxyl groups excluding tert-OH is 1. The SMILES string of the molecule is CC1OCCC1C(=O)N(C)CCCCCO. The molecule has 2 unspecified atom stereocenters. The van der Waals surface area contributed by atoms with Crippen LogP contribution in [0.3, 0.4) is 0 Å². The first-order valence-electron chi connectivity index (χ1n) is 6.14. The fourth-order valence-corrected chi connectivity index (χ4v) is 2.09. The summed E-state index contributed by atoms with van der Waals surface area (Å²) in [5, 5.41) is 8.65. The van der Waals surface area contributed by atoms with Gasteiger partial charge in [0.1, 0.15) is 0 Å². The molecule has 0 aromatic heterocycles. The lowest BCUT2D eigenvalue weighted by Gasteiger charge is -2.22. The monoisotopic (exact) mass is 229 g/mol. The second-order valence-electron chi connectivity index (χ2n) is 4.52. The summed E-state index contributed by atoms with van der Waals surface area (Å²) in [5.74, 6) is 0.247. The van der Waals surface area contributed by atoms with Crippen molar-refractivity contribution in [2.75, 3.05) is 26.8 Å². The van der Waals surface area contributed by atoms with Gasteiger partial charge in [-0.1, -0.05) is 0 Å². The highest BCUT2D eigenvalue weighted by Crippen LogP contribution is 2.22. The van der Waals surface area contributed by atoms with E-state index in [1.807, 2.05) is 14.0 Å². The Bertz CT molecular complexity index is 220. The molecule has 1 rings (SSSR count). The van der Waals surface area contributed by atoms with Crippen LogP contribution in [-0.2, 0) is 9.53 Å². The van der Waals surface area contributed by atoms with Gasteiger partial charge in [0.05, 0.1) is 12.0 Å². The number of amides is 1. The number of ether oxygens (including phenoxy) is 1. The molecule has 0 bridgehead atoms. The molecule has 4 heteroatoms. The van der Waals surface area contributed by atoms with Gasteiger partial charge in [0.15, 0.2) is 0 Å². The summed E-state index contributed by atoms with van der Waals surface area (Å²) in [6.07, 6.45) is 3.68. The highest BCUT2D eigenvalue weighted by molar-refractivity contribution is 5.79. The van der Waals surface area contributed by atoms with Gasteiger partial charge in [-0.3, -0.25) is 4.79 Å². The summed E-state index contributed by atoms with van der Waals surface area (Å²) in [5.41, 5.74) is 0. The minimum Gasteiger partial charge on any atom is -0.396 e. The molecule has 0 saturated carbocycles. The lowest BCUT2D eigenvalue weighted by atomic mass is 10.0. The van der Waals surface area contributed by atoms with Crippen molar-refractivity contribution in [1.82, 2.24) is 4.90 Å². The molecule has 1 aliphatic rings. The maximum atomic E-state index is 12.0. The summed E-state index contributed by atoms with van der Waals surface area (Å²) in [6.45, 7) is 3.69. The molecular formula is C12H23NO3. The van der Waals surface area contributed by atoms with Crippen molar-refractivity contribution in [1.29, 1.82) is 0 Å². The van der Waals surface area contributed by atoms with E-state index in [0.717, 1.165) is 32.2 Å². The molecule has 2 atom stereocenters. The lowest BCUT2D eigenvalue weighted by Crippen LogP contribution is -2.36. The highest BCUT2D eigenvalue weighted by atomic mass is 16.5. The standard InChI is InChI=1S/C12H23NO3/c1-10-11(6-9-16-10)12(15)13(2)7-4-3-5-8-14/h10-11,14H,3-9H2,1-2H3. The summed E-state index contributed by atoms with van der Waals surface area (Å²) in [7, 11) is 1.85. The molecule has 0 aromatic carbocycles. The Labute approximate surface area is 97.6 Å². The van der Waals surface area contributed by atoms with E-state index in [9.17, 15) is 4.79 Å². The molecule has 0 aliphatic carbocycles. The van der Waals surface area contributed by atoms with E-state index in [0.29, 0.717) is 6.61 Å². The van der Waals surface area contributed by atoms with Gasteiger partial charge >= 0.3 is 0 Å². The molecule has 1 heterocycles. The topological polar surface area (TPSA) is 49.8 Å². The van der Waals surface area contributed by atoms with Crippen LogP contribution >= 0.6 is 0 Å². The minimum atomic E-state index is 0.0443. The molecular weight excluding hydrogens is 206 g/mol. The van der Waals surface area contributed by atoms with E-state index in [4.69, 9.17) is 9.84 Å². The number of carbonyl (C=O) groups is 1. The molecule has 0 spiro atoms. The maximum Gasteiger partial charge on any atom is 0.228 e. The van der Waals surface area contributed by atoms with E-state index in [1.165, 1.54) is 0 Å². The Morgan fingerprint density at radius 1 is 1.44 bits per heavy atom. The number of carbonyl (C=O) groups excluding carboxylic acids is 1. The van der Waals surface area contributed by atoms with Gasteiger partial charge in [-0.25, -0.2) is 0 Å². The molecule has 0 aromatic rings. The van der Waals surface area contributed by atoms with Crippen LogP contribution < -0.4 is 0 Å². The number of rotatable bonds is 6. The van der Waals surface area contributed by atoms with Crippen molar-refractivity contribution in [2.45, 2.75) is 38.7 Å². The zero-order chi connectivity index (χ0) is 12.0. The van der Waals surface area contributed by atoms with E-state index >= 15 is 0 Å². The summed E-state index contributed by atoms with van der Waals surface area (Å²) in [4.78, 5) is 13.8. The first-order valence-corrected chi connectivity index (χ1v) is 6.14. The summed E-state index contributed by atoms with van der Waals surface area (Å²) >= 11 is 0. The fourth-order valence-electron chi connectivity index (χ4n) is 2.09. The molecule has 16 heavy (non-hydrogen) atoms. The highest BCUT2D eigenvalue weighted by Gasteiger charge is 2.32. The normalized spacial score (nSPS) is 24.7. The quantitative estimate of drug-likeness (QED) is 0.692. The molecule has 0 radical (unpaired) electrons. The molecule has 4 nitrogen and oxygen atoms in total. The first-order chi connectivity index (χ1) is 7.66. The van der Waals surface area contributed by atoms with Crippen LogP contribution in [0.15, 0.2) is 0 Å². The molecule has 1 saturated heterocycles. The van der Waals surface area contributed by atoms with Crippen molar-refractivity contribution < 1.29 is 14.6 Å². The van der Waals surface area contributed by atoms with Crippen LogP contribution in [0, 0.1) is 5.92 Å². The molecule has 1 aliphatic heterocycles. The van der Waals surface area contributed by atoms with Crippen molar-refractivity contribution in [3.63, 3.8) is 0 Å². The Hall–Kier alpha value is -0.610. The zero-order valence-corrected chi connectivity index (χ0v) is 10.3. The zero-order valence-electron chi connectivity index (χ0n) is 10.3. The number of unbranched alkanes of at least 4 members (excludes halogenated alkanes) is 2. The number of hydrogen-bond donors (Lipinski definition) is 1. The van der Waals surface area contributed by atoms with Gasteiger partial charge in [-0.05, 0) is 32.6 Å². The van der Waals surface area contributed by atoms with Gasteiger partial charge in [0, 0.05) is 26.8 Å². The second-order valence-corrected chi connectivity index (χ2v) is 4.52. The van der Waals surface area contributed by atoms with Crippen LogP contribution in [0.2, 0.25) is 0 Å². The van der Waals surface area contributed by atoms with Crippen molar-refractivity contribution >= 4 is 5.91 Å². The molecule has 1 N–H and O–H groups in total. The third-order valence-electron chi connectivity index (χ3n) is 3.22. The summed E-state index contributed by atoms with van der Waals surface area (Å²) < 4.78 is 5.40. The Kier molecular flexibility index (Phi) is 5.77. The number of nitrogens with zero attached hydrogens (tertiary/aromatic N) is 1. The van der Waals surface area contributed by atoms with Crippen molar-refractivity contribution in [2.24, 2.45) is 5.92 Å². The van der Waals surface area contributed by atoms with E-state index in [2.05, 4.69) is 0 Å². The van der Waals surface area contributed by atoms with Crippen LogP contribution in [0.4, 0.5) is 0 Å². The largest absolute Gasteiger partial charge is 0.396 e. The lowest BCUT2D eigenvalue weighted by molar-refractivity contribution is -0.135. The van der Waals surface area contributed by atoms with Gasteiger partial charge < -0.3 is 14.7 Å². The number of hydrogen-bond acceptors (Lipinski definition) is 3. The Balaban J connectivity index is 2.24. The molecule has 1 fully saturated rings. The predicted molar refractivity (Wildman–Crippen MR) is 62.1 cm³/mol. The van der Waals surface area contributed by atoms with Crippen molar-refractivity contribution in [3.05, 3.63) is 0 Å². The Morgan fingerprint density at radius 3 is 2.75 bits per heavy atom. The average molecular weight is 229 g/mol. The van der Waals surface area contributed by atoms with E-state index in [1.54, 1.807) is 4.90 Å². The van der Waals surface area contributed by atoms with Gasteiger partial charge in [0.25, 0.3) is 0 Å². The molecule has 1 amide bonds. The smallest absolute Gasteiger partial charge is 0.228 e. The number of aliphatic hydroxyl groups is 1. The van der Waals surface area contributed by atoms with Crippen molar-refractivity contribution in [3.8, 4) is 0 Å². The first kappa shape index (κ1) is 13.5. The van der Waals surface area contributed by atoms with Gasteiger partial charge in [-0.2, -0.15) is 0 Å². The van der Waals surface area contributed by atoms with E-state index in [-0.39, 0.29) is 24.5 Å². The molecule has 94 valence electrons. The van der Waals surface area contributed by atoms with E-state index < -0.39 is 0 Å². The van der Waals surface area contributed by atoms with Gasteiger partial charge in [0.2, 0.25) is 5.91 Å². The fraction of sp³-hybridized carbons (Fsp3) is 0.917.